The summed E-state index contributed by atoms with van der Waals surface area (Å²) in [7, 11) is 1.47. The molecule has 1 saturated heterocycles. The van der Waals surface area contributed by atoms with Gasteiger partial charge in [-0.25, -0.2) is 0 Å². The zero-order valence-corrected chi connectivity index (χ0v) is 17.8. The van der Waals surface area contributed by atoms with E-state index in [9.17, 15) is 14.9 Å². The zero-order valence-electron chi connectivity index (χ0n) is 15.4. The van der Waals surface area contributed by atoms with Crippen molar-refractivity contribution in [3.63, 3.8) is 0 Å². The van der Waals surface area contributed by atoms with Crippen LogP contribution in [0.5, 0.6) is 0 Å². The molecule has 0 saturated carbocycles. The highest BCUT2D eigenvalue weighted by atomic mass is 79.9. The van der Waals surface area contributed by atoms with Crippen LogP contribution in [-0.4, -0.2) is 24.1 Å². The van der Waals surface area contributed by atoms with Gasteiger partial charge in [-0.05, 0) is 43.2 Å². The molecule has 1 heterocycles. The van der Waals surface area contributed by atoms with Gasteiger partial charge in [0.25, 0.3) is 5.91 Å². The van der Waals surface area contributed by atoms with Crippen LogP contribution in [0.4, 0.5) is 5.69 Å². The molecule has 3 rings (SSSR count). The average molecular weight is 456 g/mol. The van der Waals surface area contributed by atoms with Gasteiger partial charge >= 0.3 is 0 Å². The zero-order chi connectivity index (χ0) is 20.3. The second-order valence-electron chi connectivity index (χ2n) is 6.32. The minimum absolute atomic E-state index is 0.0573. The van der Waals surface area contributed by atoms with Crippen LogP contribution >= 0.6 is 27.7 Å². The van der Waals surface area contributed by atoms with E-state index in [-0.39, 0.29) is 11.5 Å². The molecule has 1 aliphatic heterocycles. The van der Waals surface area contributed by atoms with Gasteiger partial charge in [-0.1, -0.05) is 57.5 Å². The maximum atomic E-state index is 13.2. The Balaban J connectivity index is 2.04. The molecule has 1 N–H and O–H groups in total. The predicted octanol–water partition coefficient (Wildman–Crippen LogP) is 3.93. The first-order valence-corrected chi connectivity index (χ1v) is 10.3. The molecule has 2 aromatic rings. The molecule has 0 aromatic heterocycles. The summed E-state index contributed by atoms with van der Waals surface area (Å²) in [5.41, 5.74) is 2.65. The van der Waals surface area contributed by atoms with Crippen LogP contribution in [0.1, 0.15) is 11.1 Å². The lowest BCUT2D eigenvalue weighted by molar-refractivity contribution is -0.117. The van der Waals surface area contributed by atoms with Crippen LogP contribution in [0.3, 0.4) is 0 Å². The van der Waals surface area contributed by atoms with E-state index in [0.717, 1.165) is 15.6 Å². The summed E-state index contributed by atoms with van der Waals surface area (Å²) in [6, 6.07) is 17.2. The SMILES string of the molecule is CNC(=O)/C(C#N)=C1\S[C@@H](Cc2cccc(Br)c2)C(=O)N1c1ccc(C)cc1. The first-order chi connectivity index (χ1) is 13.4. The number of nitrogens with zero attached hydrogens (tertiary/aromatic N) is 2. The van der Waals surface area contributed by atoms with Crippen molar-refractivity contribution >= 4 is 45.2 Å². The van der Waals surface area contributed by atoms with Crippen molar-refractivity contribution in [2.24, 2.45) is 0 Å². The minimum Gasteiger partial charge on any atom is -0.354 e. The summed E-state index contributed by atoms with van der Waals surface area (Å²) < 4.78 is 0.940. The number of hydrogen-bond donors (Lipinski definition) is 1. The molecule has 0 unspecified atom stereocenters. The van der Waals surface area contributed by atoms with Crippen molar-refractivity contribution in [3.8, 4) is 6.07 Å². The van der Waals surface area contributed by atoms with Crippen LogP contribution in [0.2, 0.25) is 0 Å². The maximum Gasteiger partial charge on any atom is 0.264 e. The molecule has 5 nitrogen and oxygen atoms in total. The van der Waals surface area contributed by atoms with Gasteiger partial charge in [0.1, 0.15) is 16.7 Å². The normalized spacial score (nSPS) is 18.0. The number of nitriles is 1. The Labute approximate surface area is 176 Å². The monoisotopic (exact) mass is 455 g/mol. The Bertz CT molecular complexity index is 995. The Morgan fingerprint density at radius 1 is 1.29 bits per heavy atom. The fourth-order valence-corrected chi connectivity index (χ4v) is 4.67. The van der Waals surface area contributed by atoms with E-state index in [1.54, 1.807) is 0 Å². The number of thioether (sulfide) groups is 1. The summed E-state index contributed by atoms with van der Waals surface area (Å²) in [6.07, 6.45) is 0.501. The Hall–Kier alpha value is -2.56. The Morgan fingerprint density at radius 3 is 2.61 bits per heavy atom. The Kier molecular flexibility index (Phi) is 6.22. The third-order valence-electron chi connectivity index (χ3n) is 4.33. The number of carbonyl (C=O) groups is 2. The lowest BCUT2D eigenvalue weighted by atomic mass is 10.1. The van der Waals surface area contributed by atoms with Gasteiger partial charge in [0.15, 0.2) is 0 Å². The number of likely N-dealkylation sites (N-methyl/N-ethyl adjacent to an activating group) is 1. The van der Waals surface area contributed by atoms with Crippen molar-refractivity contribution in [1.29, 1.82) is 5.26 Å². The van der Waals surface area contributed by atoms with Crippen LogP contribution in [0, 0.1) is 18.3 Å². The topological polar surface area (TPSA) is 73.2 Å². The second kappa shape index (κ2) is 8.63. The van der Waals surface area contributed by atoms with E-state index >= 15 is 0 Å². The van der Waals surface area contributed by atoms with Gasteiger partial charge in [0.2, 0.25) is 5.91 Å². The quantitative estimate of drug-likeness (QED) is 0.559. The molecule has 2 amide bonds. The molecule has 0 radical (unpaired) electrons. The molecule has 1 aliphatic rings. The van der Waals surface area contributed by atoms with Crippen LogP contribution in [0.25, 0.3) is 0 Å². The summed E-state index contributed by atoms with van der Waals surface area (Å²) in [5.74, 6) is -0.640. The number of aryl methyl sites for hydroxylation is 1. The molecular formula is C21H18BrN3O2S. The van der Waals surface area contributed by atoms with Crippen LogP contribution in [0.15, 0.2) is 63.6 Å². The second-order valence-corrected chi connectivity index (χ2v) is 8.43. The highest BCUT2D eigenvalue weighted by Gasteiger charge is 2.40. The van der Waals surface area contributed by atoms with Crippen LogP contribution in [-0.2, 0) is 16.0 Å². The summed E-state index contributed by atoms with van der Waals surface area (Å²) in [4.78, 5) is 27.0. The van der Waals surface area contributed by atoms with Gasteiger partial charge in [-0.15, -0.1) is 0 Å². The molecule has 1 fully saturated rings. The average Bonchev–Trinajstić information content (AvgIpc) is 2.99. The fraction of sp³-hybridized carbons (Fsp3) is 0.190. The first kappa shape index (κ1) is 20.2. The number of carbonyl (C=O) groups excluding carboxylic acids is 2. The fourth-order valence-electron chi connectivity index (χ4n) is 2.92. The van der Waals surface area contributed by atoms with Crippen molar-refractivity contribution in [2.45, 2.75) is 18.6 Å². The molecule has 0 bridgehead atoms. The summed E-state index contributed by atoms with van der Waals surface area (Å²) in [5, 5.41) is 12.0. The van der Waals surface area contributed by atoms with E-state index in [1.807, 2.05) is 61.5 Å². The van der Waals surface area contributed by atoms with Gasteiger partial charge < -0.3 is 5.32 Å². The molecular weight excluding hydrogens is 438 g/mol. The number of anilines is 1. The van der Waals surface area contributed by atoms with Crippen molar-refractivity contribution < 1.29 is 9.59 Å². The predicted molar refractivity (Wildman–Crippen MR) is 115 cm³/mol. The van der Waals surface area contributed by atoms with E-state index in [2.05, 4.69) is 21.2 Å². The van der Waals surface area contributed by atoms with Crippen molar-refractivity contribution in [2.75, 3.05) is 11.9 Å². The molecule has 7 heteroatoms. The third-order valence-corrected chi connectivity index (χ3v) is 6.09. The molecule has 142 valence electrons. The number of benzene rings is 2. The van der Waals surface area contributed by atoms with E-state index in [4.69, 9.17) is 0 Å². The number of nitrogens with one attached hydrogen (secondary N) is 1. The van der Waals surface area contributed by atoms with E-state index in [1.165, 1.54) is 23.7 Å². The lowest BCUT2D eigenvalue weighted by Crippen LogP contribution is -2.31. The standard InChI is InChI=1S/C21H18BrN3O2S/c1-13-6-8-16(9-7-13)25-20(27)18(11-14-4-3-5-15(22)10-14)28-21(25)17(12-23)19(26)24-2/h3-10,18H,11H2,1-2H3,(H,24,26)/b21-17-/t18-/m0/s1. The van der Waals surface area contributed by atoms with Gasteiger partial charge in [-0.3, -0.25) is 14.5 Å². The number of amides is 2. The molecule has 0 aliphatic carbocycles. The minimum atomic E-state index is -0.502. The smallest absolute Gasteiger partial charge is 0.264 e. The molecule has 0 spiro atoms. The number of halogens is 1. The largest absolute Gasteiger partial charge is 0.354 e. The maximum absolute atomic E-state index is 13.2. The molecule has 1 atom stereocenters. The first-order valence-electron chi connectivity index (χ1n) is 8.62. The third kappa shape index (κ3) is 4.13. The van der Waals surface area contributed by atoms with Gasteiger partial charge in [-0.2, -0.15) is 5.26 Å². The van der Waals surface area contributed by atoms with Gasteiger partial charge in [0, 0.05) is 17.2 Å². The lowest BCUT2D eigenvalue weighted by Gasteiger charge is -2.18. The van der Waals surface area contributed by atoms with Gasteiger partial charge in [0.05, 0.1) is 5.25 Å². The highest BCUT2D eigenvalue weighted by Crippen LogP contribution is 2.42. The Morgan fingerprint density at radius 2 is 2.00 bits per heavy atom. The highest BCUT2D eigenvalue weighted by molar-refractivity contribution is 9.10. The number of hydrogen-bond acceptors (Lipinski definition) is 4. The van der Waals surface area contributed by atoms with Crippen LogP contribution < -0.4 is 10.2 Å². The van der Waals surface area contributed by atoms with E-state index < -0.39 is 11.2 Å². The summed E-state index contributed by atoms with van der Waals surface area (Å²) >= 11 is 4.71. The van der Waals surface area contributed by atoms with Crippen molar-refractivity contribution in [3.05, 3.63) is 74.7 Å². The number of rotatable bonds is 4. The molecule has 28 heavy (non-hydrogen) atoms. The van der Waals surface area contributed by atoms with E-state index in [0.29, 0.717) is 17.1 Å². The summed E-state index contributed by atoms with van der Waals surface area (Å²) in [6.45, 7) is 1.96. The van der Waals surface area contributed by atoms with Crippen molar-refractivity contribution in [1.82, 2.24) is 5.32 Å². The molecule has 2 aromatic carbocycles.